The molecule has 0 saturated heterocycles. The van der Waals surface area contributed by atoms with Gasteiger partial charge in [0.05, 0.1) is 11.1 Å². The third-order valence-electron chi connectivity index (χ3n) is 2.89. The van der Waals surface area contributed by atoms with Crippen molar-refractivity contribution in [1.29, 1.82) is 0 Å². The molecule has 0 bridgehead atoms. The fourth-order valence-corrected chi connectivity index (χ4v) is 2.05. The average Bonchev–Trinajstić information content (AvgIpc) is 2.61. The van der Waals surface area contributed by atoms with Gasteiger partial charge in [0.1, 0.15) is 6.04 Å². The Morgan fingerprint density at radius 2 is 1.76 bits per heavy atom. The molecule has 1 heterocycles. The molecule has 3 heteroatoms. The molecule has 1 aliphatic heterocycles. The summed E-state index contributed by atoms with van der Waals surface area (Å²) < 4.78 is 0. The van der Waals surface area contributed by atoms with Crippen LogP contribution in [0.2, 0.25) is 0 Å². The molecule has 1 atom stereocenters. The van der Waals surface area contributed by atoms with Crippen LogP contribution in [-0.2, 0) is 0 Å². The Morgan fingerprint density at radius 3 is 2.18 bits per heavy atom. The van der Waals surface area contributed by atoms with E-state index in [9.17, 15) is 9.59 Å². The largest absolute Gasteiger partial charge is 0.269 e. The summed E-state index contributed by atoms with van der Waals surface area (Å²) in [5.74, 6) is 1.97. The van der Waals surface area contributed by atoms with Crippen LogP contribution in [0.1, 0.15) is 40.5 Å². The van der Waals surface area contributed by atoms with Crippen molar-refractivity contribution in [3.8, 4) is 12.3 Å². The van der Waals surface area contributed by atoms with Crippen LogP contribution in [0.5, 0.6) is 0 Å². The zero-order valence-electron chi connectivity index (χ0n) is 9.64. The molecule has 1 unspecified atom stereocenters. The van der Waals surface area contributed by atoms with Gasteiger partial charge in [0.25, 0.3) is 11.8 Å². The van der Waals surface area contributed by atoms with Crippen LogP contribution in [0.4, 0.5) is 0 Å². The molecule has 0 N–H and O–H groups in total. The first-order chi connectivity index (χ1) is 8.20. The highest BCUT2D eigenvalue weighted by molar-refractivity contribution is 6.21. The fourth-order valence-electron chi connectivity index (χ4n) is 2.05. The van der Waals surface area contributed by atoms with Crippen molar-refractivity contribution in [1.82, 2.24) is 4.90 Å². The third kappa shape index (κ3) is 1.72. The van der Waals surface area contributed by atoms with Crippen molar-refractivity contribution in [3.63, 3.8) is 0 Å². The zero-order valence-corrected chi connectivity index (χ0v) is 9.64. The summed E-state index contributed by atoms with van der Waals surface area (Å²) in [5.41, 5.74) is 0.905. The fraction of sp³-hybridized carbons (Fsp3) is 0.286. The van der Waals surface area contributed by atoms with E-state index in [0.29, 0.717) is 17.5 Å². The summed E-state index contributed by atoms with van der Waals surface area (Å²) in [6, 6.07) is 6.38. The predicted octanol–water partition coefficient (Wildman–Crippen LogP) is 2.08. The molecule has 1 aromatic rings. The van der Waals surface area contributed by atoms with Crippen LogP contribution >= 0.6 is 0 Å². The molecule has 17 heavy (non-hydrogen) atoms. The smallest absolute Gasteiger partial charge is 0.262 e. The highest BCUT2D eigenvalue weighted by Gasteiger charge is 2.38. The second kappa shape index (κ2) is 4.42. The van der Waals surface area contributed by atoms with Gasteiger partial charge in [-0.05, 0) is 18.6 Å². The van der Waals surface area contributed by atoms with Gasteiger partial charge in [0.2, 0.25) is 0 Å². The van der Waals surface area contributed by atoms with Crippen LogP contribution in [0.25, 0.3) is 0 Å². The molecule has 3 nitrogen and oxygen atoms in total. The highest BCUT2D eigenvalue weighted by atomic mass is 16.2. The molecule has 0 aromatic heterocycles. The van der Waals surface area contributed by atoms with Gasteiger partial charge >= 0.3 is 0 Å². The van der Waals surface area contributed by atoms with E-state index in [1.165, 1.54) is 4.90 Å². The lowest BCUT2D eigenvalue weighted by molar-refractivity contribution is 0.0615. The van der Waals surface area contributed by atoms with Crippen molar-refractivity contribution in [3.05, 3.63) is 35.4 Å². The molecule has 0 aliphatic carbocycles. The van der Waals surface area contributed by atoms with Gasteiger partial charge in [-0.25, -0.2) is 0 Å². The maximum atomic E-state index is 12.1. The first-order valence-corrected chi connectivity index (χ1v) is 5.63. The second-order valence-corrected chi connectivity index (χ2v) is 4.00. The van der Waals surface area contributed by atoms with Crippen molar-refractivity contribution in [2.75, 3.05) is 0 Å². The molecule has 0 fully saturated rings. The highest BCUT2D eigenvalue weighted by Crippen LogP contribution is 2.25. The quantitative estimate of drug-likeness (QED) is 0.585. The van der Waals surface area contributed by atoms with Gasteiger partial charge in [-0.3, -0.25) is 14.5 Å². The van der Waals surface area contributed by atoms with Crippen LogP contribution in [-0.4, -0.2) is 22.8 Å². The summed E-state index contributed by atoms with van der Waals surface area (Å²) in [7, 11) is 0. The van der Waals surface area contributed by atoms with Gasteiger partial charge < -0.3 is 0 Å². The third-order valence-corrected chi connectivity index (χ3v) is 2.89. The van der Waals surface area contributed by atoms with E-state index in [1.54, 1.807) is 24.3 Å². The molecular weight excluding hydrogens is 214 g/mol. The first kappa shape index (κ1) is 11.4. The van der Waals surface area contributed by atoms with Gasteiger partial charge in [0.15, 0.2) is 0 Å². The number of carbonyl (C=O) groups excluding carboxylic acids is 2. The SMILES string of the molecule is C#CC(CCC)N1C(=O)c2ccccc2C1=O. The number of hydrogen-bond acceptors (Lipinski definition) is 2. The molecular formula is C14H13NO2. The topological polar surface area (TPSA) is 37.4 Å². The molecule has 1 aliphatic rings. The normalized spacial score (nSPS) is 15.6. The Kier molecular flexibility index (Phi) is 2.97. The summed E-state index contributed by atoms with van der Waals surface area (Å²) >= 11 is 0. The van der Waals surface area contributed by atoms with E-state index in [2.05, 4.69) is 5.92 Å². The molecule has 0 spiro atoms. The maximum absolute atomic E-state index is 12.1. The minimum atomic E-state index is -0.438. The van der Waals surface area contributed by atoms with Crippen LogP contribution < -0.4 is 0 Å². The van der Waals surface area contributed by atoms with Gasteiger partial charge in [-0.2, -0.15) is 0 Å². The molecule has 86 valence electrons. The molecule has 2 amide bonds. The number of hydrogen-bond donors (Lipinski definition) is 0. The number of fused-ring (bicyclic) bond motifs is 1. The van der Waals surface area contributed by atoms with Gasteiger partial charge in [-0.1, -0.05) is 31.4 Å². The number of terminal acetylenes is 1. The number of amides is 2. The lowest BCUT2D eigenvalue weighted by Crippen LogP contribution is -2.38. The minimum absolute atomic E-state index is 0.276. The Morgan fingerprint density at radius 1 is 1.24 bits per heavy atom. The standard InChI is InChI=1S/C14H13NO2/c1-3-7-10(4-2)15-13(16)11-8-5-6-9-12(11)14(15)17/h2,5-6,8-10H,3,7H2,1H3. The van der Waals surface area contributed by atoms with Crippen LogP contribution in [0, 0.1) is 12.3 Å². The van der Waals surface area contributed by atoms with E-state index in [-0.39, 0.29) is 11.8 Å². The number of nitrogens with zero attached hydrogens (tertiary/aromatic N) is 1. The van der Waals surface area contributed by atoms with E-state index < -0.39 is 6.04 Å². The molecule has 2 rings (SSSR count). The Balaban J connectivity index is 2.39. The maximum Gasteiger partial charge on any atom is 0.262 e. The molecule has 0 radical (unpaired) electrons. The number of rotatable bonds is 3. The van der Waals surface area contributed by atoms with Crippen molar-refractivity contribution < 1.29 is 9.59 Å². The monoisotopic (exact) mass is 227 g/mol. The van der Waals surface area contributed by atoms with Crippen molar-refractivity contribution in [2.24, 2.45) is 0 Å². The number of benzene rings is 1. The predicted molar refractivity (Wildman–Crippen MR) is 64.5 cm³/mol. The van der Waals surface area contributed by atoms with Crippen molar-refractivity contribution >= 4 is 11.8 Å². The van der Waals surface area contributed by atoms with E-state index in [1.807, 2.05) is 6.92 Å². The van der Waals surface area contributed by atoms with Crippen molar-refractivity contribution in [2.45, 2.75) is 25.8 Å². The number of imide groups is 1. The van der Waals surface area contributed by atoms with Gasteiger partial charge in [-0.15, -0.1) is 6.42 Å². The van der Waals surface area contributed by atoms with Crippen LogP contribution in [0.3, 0.4) is 0 Å². The summed E-state index contributed by atoms with van der Waals surface area (Å²) in [6.45, 7) is 1.97. The Bertz CT molecular complexity index is 478. The molecule has 0 saturated carbocycles. The first-order valence-electron chi connectivity index (χ1n) is 5.63. The summed E-state index contributed by atoms with van der Waals surface area (Å²) in [5, 5.41) is 0. The minimum Gasteiger partial charge on any atom is -0.269 e. The van der Waals surface area contributed by atoms with Gasteiger partial charge in [0, 0.05) is 0 Å². The lowest BCUT2D eigenvalue weighted by Gasteiger charge is -2.20. The lowest BCUT2D eigenvalue weighted by atomic mass is 10.1. The van der Waals surface area contributed by atoms with E-state index in [4.69, 9.17) is 6.42 Å². The molecule has 1 aromatic carbocycles. The zero-order chi connectivity index (χ0) is 12.4. The second-order valence-electron chi connectivity index (χ2n) is 4.00. The van der Waals surface area contributed by atoms with E-state index >= 15 is 0 Å². The summed E-state index contributed by atoms with van der Waals surface area (Å²) in [6.07, 6.45) is 6.88. The summed E-state index contributed by atoms with van der Waals surface area (Å²) in [4.78, 5) is 25.4. The Hall–Kier alpha value is -2.08. The number of carbonyl (C=O) groups is 2. The van der Waals surface area contributed by atoms with Crippen LogP contribution in [0.15, 0.2) is 24.3 Å². The van der Waals surface area contributed by atoms with E-state index in [0.717, 1.165) is 6.42 Å². The average molecular weight is 227 g/mol. The Labute approximate surface area is 100 Å².